The van der Waals surface area contributed by atoms with Crippen LogP contribution in [-0.4, -0.2) is 46.0 Å². The second-order valence-corrected chi connectivity index (χ2v) is 9.59. The molecule has 2 bridgehead atoms. The van der Waals surface area contributed by atoms with Gasteiger partial charge in [0.05, 0.1) is 5.69 Å². The number of nitrogens with zero attached hydrogens (tertiary/aromatic N) is 3. The molecule has 0 saturated carbocycles. The lowest BCUT2D eigenvalue weighted by Crippen LogP contribution is -2.48. The average Bonchev–Trinajstić information content (AvgIpc) is 2.67. The van der Waals surface area contributed by atoms with Gasteiger partial charge < -0.3 is 14.8 Å². The normalized spacial score (nSPS) is 21.0. The van der Waals surface area contributed by atoms with Crippen LogP contribution in [0.3, 0.4) is 0 Å². The second-order valence-electron chi connectivity index (χ2n) is 9.59. The Morgan fingerprint density at radius 2 is 1.97 bits per heavy atom. The molecule has 0 radical (unpaired) electrons. The minimum Gasteiger partial charge on any atom is -0.350 e. The zero-order chi connectivity index (χ0) is 21.4. The number of amides is 1. The Labute approximate surface area is 178 Å². The molecule has 6 heteroatoms. The molecular formula is C24H32N4O2. The molecule has 160 valence electrons. The van der Waals surface area contributed by atoms with Gasteiger partial charge in [-0.05, 0) is 50.3 Å². The van der Waals surface area contributed by atoms with Crippen molar-refractivity contribution >= 4 is 5.91 Å². The fourth-order valence-corrected chi connectivity index (χ4v) is 4.95. The van der Waals surface area contributed by atoms with Crippen molar-refractivity contribution in [1.29, 1.82) is 0 Å². The smallest absolute Gasteiger partial charge is 0.251 e. The van der Waals surface area contributed by atoms with Gasteiger partial charge in [-0.1, -0.05) is 13.8 Å². The van der Waals surface area contributed by atoms with E-state index in [1.165, 1.54) is 0 Å². The van der Waals surface area contributed by atoms with E-state index in [4.69, 9.17) is 0 Å². The molecule has 1 saturated heterocycles. The summed E-state index contributed by atoms with van der Waals surface area (Å²) < 4.78 is 1.96. The van der Waals surface area contributed by atoms with Crippen LogP contribution in [0.25, 0.3) is 11.3 Å². The van der Waals surface area contributed by atoms with Crippen molar-refractivity contribution in [1.82, 2.24) is 19.8 Å². The van der Waals surface area contributed by atoms with E-state index < -0.39 is 0 Å². The molecule has 4 heterocycles. The molecule has 2 aromatic heterocycles. The Morgan fingerprint density at radius 1 is 1.17 bits per heavy atom. The fourth-order valence-electron chi connectivity index (χ4n) is 4.95. The fraction of sp³-hybridized carbons (Fsp3) is 0.542. The maximum atomic E-state index is 13.0. The highest BCUT2D eigenvalue weighted by molar-refractivity contribution is 5.95. The number of rotatable bonds is 5. The van der Waals surface area contributed by atoms with Crippen LogP contribution in [0.5, 0.6) is 0 Å². The number of pyridine rings is 2. The van der Waals surface area contributed by atoms with Gasteiger partial charge in [0.15, 0.2) is 0 Å². The summed E-state index contributed by atoms with van der Waals surface area (Å²) in [6, 6.07) is 7.34. The molecule has 2 atom stereocenters. The molecule has 0 aromatic carbocycles. The summed E-state index contributed by atoms with van der Waals surface area (Å²) in [5.41, 5.74) is 3.18. The number of carbonyl (C=O) groups is 1. The van der Waals surface area contributed by atoms with Gasteiger partial charge in [-0.25, -0.2) is 0 Å². The van der Waals surface area contributed by atoms with Crippen molar-refractivity contribution in [2.24, 2.45) is 11.8 Å². The largest absolute Gasteiger partial charge is 0.350 e. The van der Waals surface area contributed by atoms with E-state index in [9.17, 15) is 9.59 Å². The first kappa shape index (κ1) is 20.8. The summed E-state index contributed by atoms with van der Waals surface area (Å²) in [6.07, 6.45) is 2.78. The molecule has 4 rings (SSSR count). The van der Waals surface area contributed by atoms with Crippen molar-refractivity contribution in [3.8, 4) is 11.3 Å². The molecule has 2 aliphatic rings. The molecule has 2 aromatic rings. The monoisotopic (exact) mass is 408 g/mol. The van der Waals surface area contributed by atoms with Gasteiger partial charge in [0.2, 0.25) is 0 Å². The van der Waals surface area contributed by atoms with Gasteiger partial charge in [0.25, 0.3) is 11.5 Å². The molecule has 0 spiro atoms. The van der Waals surface area contributed by atoms with Crippen LogP contribution in [0.2, 0.25) is 0 Å². The van der Waals surface area contributed by atoms with Crippen LogP contribution in [0.4, 0.5) is 0 Å². The van der Waals surface area contributed by atoms with E-state index in [1.54, 1.807) is 24.4 Å². The minimum atomic E-state index is -0.122. The molecule has 1 N–H and O–H groups in total. The van der Waals surface area contributed by atoms with Crippen LogP contribution in [0.15, 0.2) is 35.3 Å². The molecule has 30 heavy (non-hydrogen) atoms. The topological polar surface area (TPSA) is 67.2 Å². The predicted octanol–water partition coefficient (Wildman–Crippen LogP) is 3.12. The van der Waals surface area contributed by atoms with E-state index in [2.05, 4.69) is 35.1 Å². The second kappa shape index (κ2) is 8.34. The van der Waals surface area contributed by atoms with Crippen molar-refractivity contribution < 1.29 is 4.79 Å². The van der Waals surface area contributed by atoms with Crippen LogP contribution < -0.4 is 10.9 Å². The summed E-state index contributed by atoms with van der Waals surface area (Å²) in [5, 5.41) is 2.91. The van der Waals surface area contributed by atoms with Crippen LogP contribution >= 0.6 is 0 Å². The lowest BCUT2D eigenvalue weighted by atomic mass is 9.82. The van der Waals surface area contributed by atoms with Crippen LogP contribution in [-0.2, 0) is 6.54 Å². The quantitative estimate of drug-likeness (QED) is 0.825. The van der Waals surface area contributed by atoms with Gasteiger partial charge in [-0.2, -0.15) is 0 Å². The number of aromatic nitrogens is 2. The molecule has 2 aliphatic heterocycles. The molecule has 0 aliphatic carbocycles. The highest BCUT2D eigenvalue weighted by Crippen LogP contribution is 2.36. The van der Waals surface area contributed by atoms with Crippen LogP contribution in [0, 0.1) is 11.8 Å². The van der Waals surface area contributed by atoms with Crippen molar-refractivity contribution in [3.05, 3.63) is 52.1 Å². The maximum Gasteiger partial charge on any atom is 0.251 e. The molecule has 0 unspecified atom stereocenters. The lowest BCUT2D eigenvalue weighted by Gasteiger charge is -2.43. The number of likely N-dealkylation sites (tertiary alicyclic amines) is 1. The Morgan fingerprint density at radius 3 is 2.70 bits per heavy atom. The average molecular weight is 409 g/mol. The van der Waals surface area contributed by atoms with E-state index in [0.29, 0.717) is 29.0 Å². The first-order valence-electron chi connectivity index (χ1n) is 11.0. The standard InChI is InChI=1S/C24H32N4O2/c1-15(2)11-27-12-17-7-20(14-27)22-9-19(10-23(29)28(22)13-17)21-8-18(5-6-25-21)24(30)26-16(3)4/h5-6,8-10,15-17,20H,7,11-14H2,1-4H3,(H,26,30)/t17-,20+/m0/s1. The Bertz CT molecular complexity index is 995. The van der Waals surface area contributed by atoms with Gasteiger partial charge in [0.1, 0.15) is 0 Å². The zero-order valence-corrected chi connectivity index (χ0v) is 18.4. The molecular weight excluding hydrogens is 376 g/mol. The first-order chi connectivity index (χ1) is 14.3. The summed E-state index contributed by atoms with van der Waals surface area (Å²) in [5.74, 6) is 1.43. The summed E-state index contributed by atoms with van der Waals surface area (Å²) in [4.78, 5) is 32.4. The van der Waals surface area contributed by atoms with Crippen molar-refractivity contribution in [2.75, 3.05) is 19.6 Å². The Kier molecular flexibility index (Phi) is 5.78. The number of carbonyl (C=O) groups excluding carboxylic acids is 1. The number of hydrogen-bond donors (Lipinski definition) is 1. The molecule has 6 nitrogen and oxygen atoms in total. The van der Waals surface area contributed by atoms with Gasteiger partial charge in [-0.3, -0.25) is 14.6 Å². The number of fused-ring (bicyclic) bond motifs is 4. The van der Waals surface area contributed by atoms with Crippen molar-refractivity contribution in [3.63, 3.8) is 0 Å². The van der Waals surface area contributed by atoms with Gasteiger partial charge in [0, 0.05) is 67.2 Å². The first-order valence-corrected chi connectivity index (χ1v) is 11.0. The number of hydrogen-bond acceptors (Lipinski definition) is 4. The molecule has 1 fully saturated rings. The minimum absolute atomic E-state index is 0.0355. The number of nitrogens with one attached hydrogen (secondary N) is 1. The van der Waals surface area contributed by atoms with Crippen LogP contribution in [0.1, 0.15) is 56.1 Å². The van der Waals surface area contributed by atoms with E-state index in [-0.39, 0.29) is 17.5 Å². The predicted molar refractivity (Wildman–Crippen MR) is 119 cm³/mol. The zero-order valence-electron chi connectivity index (χ0n) is 18.4. The Balaban J connectivity index is 1.66. The lowest BCUT2D eigenvalue weighted by molar-refractivity contribution is 0.0943. The van der Waals surface area contributed by atoms with E-state index in [1.807, 2.05) is 18.4 Å². The number of piperidine rings is 1. The summed E-state index contributed by atoms with van der Waals surface area (Å²) in [6.45, 7) is 12.4. The van der Waals surface area contributed by atoms with E-state index >= 15 is 0 Å². The highest BCUT2D eigenvalue weighted by Gasteiger charge is 2.35. The Hall–Kier alpha value is -2.47. The molecule has 1 amide bonds. The summed E-state index contributed by atoms with van der Waals surface area (Å²) in [7, 11) is 0. The van der Waals surface area contributed by atoms with Crippen molar-refractivity contribution in [2.45, 2.75) is 52.6 Å². The third-order valence-electron chi connectivity index (χ3n) is 5.99. The third kappa shape index (κ3) is 4.33. The van der Waals surface area contributed by atoms with Gasteiger partial charge in [-0.15, -0.1) is 0 Å². The summed E-state index contributed by atoms with van der Waals surface area (Å²) >= 11 is 0. The van der Waals surface area contributed by atoms with E-state index in [0.717, 1.165) is 43.9 Å². The maximum absolute atomic E-state index is 13.0. The third-order valence-corrected chi connectivity index (χ3v) is 5.99. The highest BCUT2D eigenvalue weighted by atomic mass is 16.1. The SMILES string of the molecule is CC(C)CN1C[C@@H]2C[C@H](C1)c1cc(-c3cc(C(=O)NC(C)C)ccn3)cc(=O)n1C2. The van der Waals surface area contributed by atoms with Gasteiger partial charge >= 0.3 is 0 Å².